The van der Waals surface area contributed by atoms with Crippen LogP contribution in [0.4, 0.5) is 5.69 Å². The van der Waals surface area contributed by atoms with Gasteiger partial charge in [0.25, 0.3) is 0 Å². The third-order valence-corrected chi connectivity index (χ3v) is 12.6. The summed E-state index contributed by atoms with van der Waals surface area (Å²) >= 11 is 1.81. The fourth-order valence-corrected chi connectivity index (χ4v) is 9.74. The van der Waals surface area contributed by atoms with Crippen molar-refractivity contribution in [2.24, 2.45) is 0 Å². The number of hydrogen-bond acceptors (Lipinski definition) is 4. The standard InChI is InChI=1S/C52H32N5S/c1-2-12-32(13-3-1)49-54-50(56-51(55-49)34-24-28-41-39-16-5-4-14-37(39)38-15-6-7-17-40(38)44(41)30-34)33-22-26-36(27-23-33)57-46-20-10-8-18-42(46)43-29-25-35(31-47(43)57)52-53-45-19-9-11-21-48(45)58-52/h1-31,52H/q-1. The third-order valence-electron chi connectivity index (χ3n) is 11.4. The van der Waals surface area contributed by atoms with Crippen LogP contribution >= 0.6 is 11.8 Å². The maximum atomic E-state index is 5.17. The molecular weight excluding hydrogens is 727 g/mol. The zero-order valence-corrected chi connectivity index (χ0v) is 31.9. The highest BCUT2D eigenvalue weighted by Gasteiger charge is 2.19. The maximum absolute atomic E-state index is 5.17. The first-order valence-corrected chi connectivity index (χ1v) is 20.4. The summed E-state index contributed by atoms with van der Waals surface area (Å²) < 4.78 is 2.36. The Morgan fingerprint density at radius 1 is 0.397 bits per heavy atom. The minimum absolute atomic E-state index is 0.0214. The molecule has 12 rings (SSSR count). The average Bonchev–Trinajstić information content (AvgIpc) is 3.89. The van der Waals surface area contributed by atoms with Crippen molar-refractivity contribution in [3.8, 4) is 39.9 Å². The molecule has 0 N–H and O–H groups in total. The predicted octanol–water partition coefficient (Wildman–Crippen LogP) is 14.2. The molecule has 0 fully saturated rings. The maximum Gasteiger partial charge on any atom is 0.164 e. The van der Waals surface area contributed by atoms with E-state index in [-0.39, 0.29) is 5.37 Å². The van der Waals surface area contributed by atoms with Crippen LogP contribution in [-0.2, 0) is 0 Å². The summed E-state index contributed by atoms with van der Waals surface area (Å²) in [6.07, 6.45) is 0. The number of aromatic nitrogens is 4. The largest absolute Gasteiger partial charge is 0.668 e. The van der Waals surface area contributed by atoms with E-state index >= 15 is 0 Å². The summed E-state index contributed by atoms with van der Waals surface area (Å²) in [6, 6.07) is 66.6. The lowest BCUT2D eigenvalue weighted by Gasteiger charge is -2.24. The molecular formula is C52H32N5S-. The van der Waals surface area contributed by atoms with Gasteiger partial charge in [-0.05, 0) is 91.1 Å². The molecule has 0 saturated carbocycles. The normalized spacial score (nSPS) is 13.8. The summed E-state index contributed by atoms with van der Waals surface area (Å²) in [5, 5.41) is 14.9. The van der Waals surface area contributed by atoms with E-state index < -0.39 is 0 Å². The molecule has 272 valence electrons. The van der Waals surface area contributed by atoms with Gasteiger partial charge in [0.15, 0.2) is 17.5 Å². The minimum atomic E-state index is 0.0214. The zero-order valence-electron chi connectivity index (χ0n) is 31.1. The molecule has 0 aliphatic carbocycles. The van der Waals surface area contributed by atoms with Crippen molar-refractivity contribution >= 4 is 71.6 Å². The quantitative estimate of drug-likeness (QED) is 0.164. The van der Waals surface area contributed by atoms with Crippen molar-refractivity contribution in [2.75, 3.05) is 0 Å². The van der Waals surface area contributed by atoms with E-state index in [4.69, 9.17) is 20.3 Å². The van der Waals surface area contributed by atoms with E-state index in [1.54, 1.807) is 0 Å². The van der Waals surface area contributed by atoms with Gasteiger partial charge in [-0.25, -0.2) is 15.0 Å². The van der Waals surface area contributed by atoms with Crippen LogP contribution in [0, 0.1) is 0 Å². The van der Waals surface area contributed by atoms with Gasteiger partial charge in [-0.15, -0.1) is 17.4 Å². The van der Waals surface area contributed by atoms with Crippen LogP contribution < -0.4 is 0 Å². The zero-order chi connectivity index (χ0) is 38.2. The molecule has 6 heteroatoms. The van der Waals surface area contributed by atoms with E-state index in [0.29, 0.717) is 17.5 Å². The molecule has 9 aromatic carbocycles. The van der Waals surface area contributed by atoms with Gasteiger partial charge in [0.1, 0.15) is 0 Å². The summed E-state index contributed by atoms with van der Waals surface area (Å²) in [4.78, 5) is 16.6. The minimum Gasteiger partial charge on any atom is -0.668 e. The first-order chi connectivity index (χ1) is 28.7. The Bertz CT molecular complexity index is 3350. The second-order valence-electron chi connectivity index (χ2n) is 14.8. The van der Waals surface area contributed by atoms with Crippen LogP contribution in [-0.4, -0.2) is 19.5 Å². The van der Waals surface area contributed by atoms with Gasteiger partial charge in [0.2, 0.25) is 0 Å². The molecule has 5 nitrogen and oxygen atoms in total. The number of fused-ring (bicyclic) bond motifs is 10. The highest BCUT2D eigenvalue weighted by atomic mass is 32.2. The number of thioether (sulfide) groups is 1. The van der Waals surface area contributed by atoms with Crippen molar-refractivity contribution in [1.82, 2.24) is 19.5 Å². The number of hydrogen-bond donors (Lipinski definition) is 0. The van der Waals surface area contributed by atoms with Gasteiger partial charge in [0, 0.05) is 33.2 Å². The van der Waals surface area contributed by atoms with Crippen molar-refractivity contribution < 1.29 is 0 Å². The van der Waals surface area contributed by atoms with Gasteiger partial charge in [-0.1, -0.05) is 145 Å². The molecule has 11 aromatic rings. The lowest BCUT2D eigenvalue weighted by Crippen LogP contribution is -2.01. The highest BCUT2D eigenvalue weighted by Crippen LogP contribution is 2.55. The Kier molecular flexibility index (Phi) is 7.46. The Morgan fingerprint density at radius 2 is 0.914 bits per heavy atom. The first-order valence-electron chi connectivity index (χ1n) is 19.5. The topological polar surface area (TPSA) is 57.7 Å². The smallest absolute Gasteiger partial charge is 0.164 e. The van der Waals surface area contributed by atoms with E-state index in [0.717, 1.165) is 39.1 Å². The molecule has 0 saturated heterocycles. The fourth-order valence-electron chi connectivity index (χ4n) is 8.66. The van der Waals surface area contributed by atoms with E-state index in [1.807, 2.05) is 30.0 Å². The summed E-state index contributed by atoms with van der Waals surface area (Å²) in [7, 11) is 0. The van der Waals surface area contributed by atoms with Crippen LogP contribution in [0.15, 0.2) is 193 Å². The highest BCUT2D eigenvalue weighted by molar-refractivity contribution is 8.00. The predicted molar refractivity (Wildman–Crippen MR) is 241 cm³/mol. The SMILES string of the molecule is c1ccc(-c2nc(-c3ccc(-n4c5ccccc5c5ccc(C6[N-]c7ccccc7S6)cc54)cc3)nc(-c3ccc4c5ccccc5c5ccccc5c4c3)n2)cc1. The van der Waals surface area contributed by atoms with Crippen LogP contribution in [0.1, 0.15) is 10.9 Å². The molecule has 0 bridgehead atoms. The molecule has 1 atom stereocenters. The number of nitrogens with zero attached hydrogens (tertiary/aromatic N) is 5. The molecule has 1 aliphatic heterocycles. The number of rotatable bonds is 5. The molecule has 2 aromatic heterocycles. The van der Waals surface area contributed by atoms with Gasteiger partial charge in [-0.3, -0.25) is 0 Å². The Labute approximate surface area is 338 Å². The van der Waals surface area contributed by atoms with Crippen LogP contribution in [0.5, 0.6) is 0 Å². The Morgan fingerprint density at radius 3 is 1.62 bits per heavy atom. The van der Waals surface area contributed by atoms with Gasteiger partial charge < -0.3 is 9.88 Å². The second-order valence-corrected chi connectivity index (χ2v) is 15.9. The average molecular weight is 759 g/mol. The van der Waals surface area contributed by atoms with Crippen molar-refractivity contribution in [3.05, 3.63) is 199 Å². The molecule has 3 heterocycles. The van der Waals surface area contributed by atoms with Gasteiger partial charge in [-0.2, -0.15) is 0 Å². The summed E-state index contributed by atoms with van der Waals surface area (Å²) in [5.41, 5.74) is 8.44. The van der Waals surface area contributed by atoms with E-state index in [2.05, 4.69) is 174 Å². The molecule has 1 unspecified atom stereocenters. The van der Waals surface area contributed by atoms with Gasteiger partial charge in [0.05, 0.1) is 11.0 Å². The van der Waals surface area contributed by atoms with E-state index in [1.165, 1.54) is 53.5 Å². The van der Waals surface area contributed by atoms with Crippen molar-refractivity contribution in [1.29, 1.82) is 0 Å². The third kappa shape index (κ3) is 5.30. The van der Waals surface area contributed by atoms with Crippen LogP contribution in [0.25, 0.3) is 99.3 Å². The summed E-state index contributed by atoms with van der Waals surface area (Å²) in [5.74, 6) is 1.91. The molecule has 0 amide bonds. The number of benzene rings is 9. The lowest BCUT2D eigenvalue weighted by molar-refractivity contribution is 1.07. The van der Waals surface area contributed by atoms with Crippen LogP contribution in [0.3, 0.4) is 0 Å². The molecule has 1 aliphatic rings. The van der Waals surface area contributed by atoms with Crippen molar-refractivity contribution in [3.63, 3.8) is 0 Å². The first kappa shape index (κ1) is 32.9. The number of para-hydroxylation sites is 2. The molecule has 0 radical (unpaired) electrons. The summed E-state index contributed by atoms with van der Waals surface area (Å²) in [6.45, 7) is 0. The van der Waals surface area contributed by atoms with Crippen molar-refractivity contribution in [2.45, 2.75) is 10.3 Å². The molecule has 0 spiro atoms. The lowest BCUT2D eigenvalue weighted by atomic mass is 9.93. The van der Waals surface area contributed by atoms with Crippen LogP contribution in [0.2, 0.25) is 0 Å². The monoisotopic (exact) mass is 758 g/mol. The Hall–Kier alpha value is -7.28. The molecule has 58 heavy (non-hydrogen) atoms. The fraction of sp³-hybridized carbons (Fsp3) is 0.0192. The van der Waals surface area contributed by atoms with Gasteiger partial charge >= 0.3 is 0 Å². The second kappa shape index (κ2) is 13.2. The van der Waals surface area contributed by atoms with E-state index in [9.17, 15) is 0 Å². The Balaban J connectivity index is 0.982.